The summed E-state index contributed by atoms with van der Waals surface area (Å²) in [6, 6.07) is 9.90. The van der Waals surface area contributed by atoms with Gasteiger partial charge in [-0.2, -0.15) is 0 Å². The number of aryl methyl sites for hydroxylation is 1. The molecule has 1 saturated heterocycles. The van der Waals surface area contributed by atoms with E-state index in [-0.39, 0.29) is 17.9 Å². The molecule has 1 aromatic heterocycles. The van der Waals surface area contributed by atoms with E-state index in [9.17, 15) is 9.59 Å². The lowest BCUT2D eigenvalue weighted by Crippen LogP contribution is -2.43. The normalized spacial score (nSPS) is 17.7. The SMILES string of the molecule is C=c1c2cccc3c(C)ccc(c32)n1C1CCC(=O)NC1=O.CC. The molecule has 1 N–H and O–H groups in total. The number of carbonyl (C=O) groups is 2. The van der Waals surface area contributed by atoms with Crippen molar-refractivity contribution in [3.8, 4) is 0 Å². The fourth-order valence-corrected chi connectivity index (χ4v) is 3.53. The number of aromatic nitrogens is 1. The second kappa shape index (κ2) is 6.11. The molecule has 4 rings (SSSR count). The van der Waals surface area contributed by atoms with Crippen LogP contribution < -0.4 is 10.7 Å². The number of imide groups is 1. The van der Waals surface area contributed by atoms with Crippen molar-refractivity contribution in [2.24, 2.45) is 0 Å². The molecular formula is C20H22N2O2. The number of rotatable bonds is 1. The molecule has 1 unspecified atom stereocenters. The maximum Gasteiger partial charge on any atom is 0.249 e. The lowest BCUT2D eigenvalue weighted by atomic mass is 10.0. The van der Waals surface area contributed by atoms with Crippen LogP contribution in [0, 0.1) is 6.92 Å². The molecule has 2 aromatic carbocycles. The van der Waals surface area contributed by atoms with Crippen molar-refractivity contribution in [3.05, 3.63) is 41.2 Å². The highest BCUT2D eigenvalue weighted by Gasteiger charge is 2.30. The van der Waals surface area contributed by atoms with E-state index in [2.05, 4.69) is 31.0 Å². The smallest absolute Gasteiger partial charge is 0.249 e. The monoisotopic (exact) mass is 322 g/mol. The number of piperidine rings is 1. The summed E-state index contributed by atoms with van der Waals surface area (Å²) in [4.78, 5) is 23.7. The summed E-state index contributed by atoms with van der Waals surface area (Å²) in [6.07, 6.45) is 0.887. The van der Waals surface area contributed by atoms with Gasteiger partial charge >= 0.3 is 0 Å². The molecule has 1 fully saturated rings. The van der Waals surface area contributed by atoms with E-state index in [0.29, 0.717) is 12.8 Å². The number of nitrogens with zero attached hydrogens (tertiary/aromatic N) is 1. The van der Waals surface area contributed by atoms with Gasteiger partial charge in [-0.25, -0.2) is 0 Å². The molecule has 4 heteroatoms. The molecule has 0 radical (unpaired) electrons. The average molecular weight is 322 g/mol. The first-order valence-electron chi connectivity index (χ1n) is 8.42. The molecule has 0 bridgehead atoms. The summed E-state index contributed by atoms with van der Waals surface area (Å²) in [6.45, 7) is 10.3. The van der Waals surface area contributed by atoms with E-state index in [0.717, 1.165) is 21.6 Å². The Balaban J connectivity index is 0.000000815. The molecule has 1 aliphatic rings. The Bertz CT molecular complexity index is 984. The Labute approximate surface area is 141 Å². The lowest BCUT2D eigenvalue weighted by Gasteiger charge is -2.23. The van der Waals surface area contributed by atoms with E-state index in [1.54, 1.807) is 0 Å². The fourth-order valence-electron chi connectivity index (χ4n) is 3.53. The number of carbonyl (C=O) groups excluding carboxylic acids is 2. The summed E-state index contributed by atoms with van der Waals surface area (Å²) in [7, 11) is 0. The Morgan fingerprint density at radius 3 is 2.54 bits per heavy atom. The summed E-state index contributed by atoms with van der Waals surface area (Å²) < 4.78 is 1.98. The van der Waals surface area contributed by atoms with E-state index in [1.165, 1.54) is 10.9 Å². The standard InChI is InChI=1S/C18H16N2O2.C2H6/c1-10-6-7-14-17-12(10)4-3-5-13(17)11(2)20(14)15-8-9-16(21)19-18(15)22;1-2/h3-7,15H,2,8-9H2,1H3,(H,19,21,22);1-2H3. The average Bonchev–Trinajstić information content (AvgIpc) is 2.87. The predicted octanol–water partition coefficient (Wildman–Crippen LogP) is 3.24. The van der Waals surface area contributed by atoms with Gasteiger partial charge in [0, 0.05) is 22.5 Å². The highest BCUT2D eigenvalue weighted by molar-refractivity contribution is 6.12. The van der Waals surface area contributed by atoms with Crippen molar-refractivity contribution in [2.45, 2.75) is 39.7 Å². The summed E-state index contributed by atoms with van der Waals surface area (Å²) in [5.41, 5.74) is 2.22. The van der Waals surface area contributed by atoms with Crippen LogP contribution in [0.25, 0.3) is 28.3 Å². The third-order valence-electron chi connectivity index (χ3n) is 4.62. The Hall–Kier alpha value is -2.62. The van der Waals surface area contributed by atoms with Crippen molar-refractivity contribution in [1.82, 2.24) is 9.88 Å². The van der Waals surface area contributed by atoms with E-state index in [4.69, 9.17) is 0 Å². The van der Waals surface area contributed by atoms with Crippen LogP contribution in [-0.4, -0.2) is 16.4 Å². The van der Waals surface area contributed by atoms with Crippen LogP contribution in [0.2, 0.25) is 0 Å². The van der Waals surface area contributed by atoms with Crippen LogP contribution in [0.15, 0.2) is 30.3 Å². The largest absolute Gasteiger partial charge is 0.328 e. The Kier molecular flexibility index (Phi) is 4.14. The first kappa shape index (κ1) is 16.2. The van der Waals surface area contributed by atoms with Crippen LogP contribution in [0.3, 0.4) is 0 Å². The summed E-state index contributed by atoms with van der Waals surface area (Å²) in [5, 5.41) is 6.68. The van der Waals surface area contributed by atoms with E-state index in [1.807, 2.05) is 36.6 Å². The first-order chi connectivity index (χ1) is 11.6. The van der Waals surface area contributed by atoms with E-state index >= 15 is 0 Å². The highest BCUT2D eigenvalue weighted by Crippen LogP contribution is 2.31. The molecule has 2 heterocycles. The first-order valence-corrected chi connectivity index (χ1v) is 8.42. The predicted molar refractivity (Wildman–Crippen MR) is 97.7 cm³/mol. The van der Waals surface area contributed by atoms with Crippen LogP contribution in [0.5, 0.6) is 0 Å². The van der Waals surface area contributed by atoms with Crippen molar-refractivity contribution >= 4 is 40.1 Å². The number of amides is 2. The molecule has 0 saturated carbocycles. The van der Waals surface area contributed by atoms with Gasteiger partial charge in [-0.15, -0.1) is 0 Å². The number of hydrogen-bond donors (Lipinski definition) is 1. The zero-order chi connectivity index (χ0) is 17.4. The maximum atomic E-state index is 12.3. The second-order valence-electron chi connectivity index (χ2n) is 5.91. The molecule has 1 atom stereocenters. The van der Waals surface area contributed by atoms with Crippen LogP contribution in [0.4, 0.5) is 0 Å². The number of benzene rings is 2. The maximum absolute atomic E-state index is 12.3. The molecule has 2 amide bonds. The van der Waals surface area contributed by atoms with Gasteiger partial charge in [0.1, 0.15) is 6.04 Å². The van der Waals surface area contributed by atoms with Crippen molar-refractivity contribution in [2.75, 3.05) is 0 Å². The molecule has 24 heavy (non-hydrogen) atoms. The number of hydrogen-bond acceptors (Lipinski definition) is 2. The van der Waals surface area contributed by atoms with Gasteiger partial charge in [0.2, 0.25) is 11.8 Å². The second-order valence-corrected chi connectivity index (χ2v) is 5.91. The number of nitrogens with one attached hydrogen (secondary N) is 1. The minimum atomic E-state index is -0.372. The van der Waals surface area contributed by atoms with Crippen molar-refractivity contribution < 1.29 is 9.59 Å². The van der Waals surface area contributed by atoms with Crippen molar-refractivity contribution in [1.29, 1.82) is 0 Å². The molecular weight excluding hydrogens is 300 g/mol. The van der Waals surface area contributed by atoms with E-state index < -0.39 is 0 Å². The fraction of sp³-hybridized carbons (Fsp3) is 0.300. The minimum absolute atomic E-state index is 0.197. The lowest BCUT2D eigenvalue weighted by molar-refractivity contribution is -0.135. The van der Waals surface area contributed by atoms with Crippen LogP contribution >= 0.6 is 0 Å². The molecule has 0 aliphatic carbocycles. The summed E-state index contributed by atoms with van der Waals surface area (Å²) >= 11 is 0. The molecule has 1 aliphatic heterocycles. The molecule has 4 nitrogen and oxygen atoms in total. The third-order valence-corrected chi connectivity index (χ3v) is 4.62. The Morgan fingerprint density at radius 1 is 1.12 bits per heavy atom. The van der Waals surface area contributed by atoms with Gasteiger partial charge in [-0.3, -0.25) is 14.9 Å². The van der Waals surface area contributed by atoms with Crippen LogP contribution in [0.1, 0.15) is 38.3 Å². The molecule has 3 aromatic rings. The van der Waals surface area contributed by atoms with Gasteiger partial charge in [-0.05, 0) is 30.4 Å². The van der Waals surface area contributed by atoms with Gasteiger partial charge in [-0.1, -0.05) is 44.7 Å². The molecule has 0 spiro atoms. The zero-order valence-electron chi connectivity index (χ0n) is 14.3. The Morgan fingerprint density at radius 2 is 1.83 bits per heavy atom. The summed E-state index contributed by atoms with van der Waals surface area (Å²) in [5.74, 6) is -0.434. The third kappa shape index (κ3) is 2.30. The van der Waals surface area contributed by atoms with Gasteiger partial charge in [0.25, 0.3) is 0 Å². The van der Waals surface area contributed by atoms with Crippen LogP contribution in [-0.2, 0) is 9.59 Å². The van der Waals surface area contributed by atoms with Gasteiger partial charge in [0.05, 0.1) is 5.52 Å². The van der Waals surface area contributed by atoms with Gasteiger partial charge in [0.15, 0.2) is 0 Å². The minimum Gasteiger partial charge on any atom is -0.328 e. The molecule has 124 valence electrons. The topological polar surface area (TPSA) is 51.1 Å². The highest BCUT2D eigenvalue weighted by atomic mass is 16.2. The van der Waals surface area contributed by atoms with Gasteiger partial charge < -0.3 is 4.57 Å². The quantitative estimate of drug-likeness (QED) is 0.699. The van der Waals surface area contributed by atoms with Crippen molar-refractivity contribution in [3.63, 3.8) is 0 Å². The zero-order valence-corrected chi connectivity index (χ0v) is 14.3.